The summed E-state index contributed by atoms with van der Waals surface area (Å²) < 4.78 is 15.5. The minimum absolute atomic E-state index is 0.462. The smallest absolute Gasteiger partial charge is 0.124 e. The van der Waals surface area contributed by atoms with E-state index in [4.69, 9.17) is 11.6 Å². The Morgan fingerprint density at radius 3 is 2.61 bits per heavy atom. The highest BCUT2D eigenvalue weighted by Gasteiger charge is 2.24. The summed E-state index contributed by atoms with van der Waals surface area (Å²) in [6, 6.07) is 17.4. The monoisotopic (exact) mass is 413 g/mol. The van der Waals surface area contributed by atoms with E-state index in [2.05, 4.69) is 14.7 Å². The molecule has 1 atom stereocenters. The molecule has 2 N–H and O–H groups in total. The van der Waals surface area contributed by atoms with E-state index >= 15 is 0 Å². The number of aromatic nitrogens is 2. The molecule has 0 aliphatic heterocycles. The van der Waals surface area contributed by atoms with Gasteiger partial charge in [0.15, 0.2) is 0 Å². The maximum atomic E-state index is 12.3. The van der Waals surface area contributed by atoms with E-state index in [9.17, 15) is 4.21 Å². The molecule has 146 valence electrons. The summed E-state index contributed by atoms with van der Waals surface area (Å²) in [4.78, 5) is 8.93. The van der Waals surface area contributed by atoms with Crippen molar-refractivity contribution >= 4 is 22.6 Å². The molecule has 1 fully saturated rings. The molecule has 1 aliphatic rings. The van der Waals surface area contributed by atoms with Crippen LogP contribution in [-0.4, -0.2) is 20.7 Å². The average Bonchev–Trinajstić information content (AvgIpc) is 3.23. The molecule has 4 rings (SSSR count). The largest absolute Gasteiger partial charge is 0.342 e. The Morgan fingerprint density at radius 1 is 1.07 bits per heavy atom. The van der Waals surface area contributed by atoms with Crippen molar-refractivity contribution < 1.29 is 4.21 Å². The van der Waals surface area contributed by atoms with Crippen molar-refractivity contribution in [2.24, 2.45) is 5.92 Å². The van der Waals surface area contributed by atoms with Crippen molar-refractivity contribution in [3.63, 3.8) is 0 Å². The average molecular weight is 414 g/mol. The fourth-order valence-corrected chi connectivity index (χ4v) is 4.96. The van der Waals surface area contributed by atoms with Gasteiger partial charge < -0.3 is 4.98 Å². The van der Waals surface area contributed by atoms with Crippen LogP contribution in [0.3, 0.4) is 0 Å². The van der Waals surface area contributed by atoms with Crippen molar-refractivity contribution in [1.29, 1.82) is 0 Å². The van der Waals surface area contributed by atoms with E-state index in [-0.39, 0.29) is 0 Å². The lowest BCUT2D eigenvalue weighted by Gasteiger charge is -2.27. The minimum Gasteiger partial charge on any atom is -0.342 e. The number of imidazole rings is 1. The lowest BCUT2D eigenvalue weighted by molar-refractivity contribution is 0.321. The number of hydrogen-bond acceptors (Lipinski definition) is 2. The quantitative estimate of drug-likeness (QED) is 0.574. The molecule has 4 nitrogen and oxygen atoms in total. The third kappa shape index (κ3) is 4.72. The summed E-state index contributed by atoms with van der Waals surface area (Å²) in [5.41, 5.74) is 2.08. The highest BCUT2D eigenvalue weighted by molar-refractivity contribution is 7.83. The standard InChI is InChI=1S/C22H24ClN3OS/c23-19-6-4-5-18(13-19)21-15-24-22(26-21)17-11-9-16(10-12-17)14-25-28(27)20-7-2-1-3-8-20/h1-8,13,15-17,25H,9-12,14H2,(H,24,26). The number of hydrogen-bond donors (Lipinski definition) is 2. The molecule has 2 aromatic carbocycles. The second-order valence-electron chi connectivity index (χ2n) is 7.34. The van der Waals surface area contributed by atoms with Gasteiger partial charge in [0, 0.05) is 23.0 Å². The topological polar surface area (TPSA) is 57.8 Å². The molecule has 6 heteroatoms. The highest BCUT2D eigenvalue weighted by atomic mass is 35.5. The van der Waals surface area contributed by atoms with E-state index in [1.165, 1.54) is 0 Å². The number of benzene rings is 2. The lowest BCUT2D eigenvalue weighted by Crippen LogP contribution is -2.27. The third-order valence-electron chi connectivity index (χ3n) is 5.42. The first-order chi connectivity index (χ1) is 13.7. The van der Waals surface area contributed by atoms with Crippen LogP contribution in [0, 0.1) is 5.92 Å². The second-order valence-corrected chi connectivity index (χ2v) is 9.07. The van der Waals surface area contributed by atoms with Gasteiger partial charge in [0.2, 0.25) is 0 Å². The maximum absolute atomic E-state index is 12.3. The van der Waals surface area contributed by atoms with Gasteiger partial charge in [-0.25, -0.2) is 13.9 Å². The Bertz CT molecular complexity index is 936. The van der Waals surface area contributed by atoms with Gasteiger partial charge in [0.05, 0.1) is 16.8 Å². The summed E-state index contributed by atoms with van der Waals surface area (Å²) in [7, 11) is -1.13. The zero-order valence-corrected chi connectivity index (χ0v) is 17.2. The zero-order valence-electron chi connectivity index (χ0n) is 15.6. The van der Waals surface area contributed by atoms with Crippen LogP contribution in [0.25, 0.3) is 11.3 Å². The van der Waals surface area contributed by atoms with Crippen molar-refractivity contribution in [3.05, 3.63) is 71.6 Å². The van der Waals surface area contributed by atoms with Gasteiger partial charge in [0.1, 0.15) is 16.8 Å². The molecule has 0 radical (unpaired) electrons. The Hall–Kier alpha value is -1.95. The van der Waals surface area contributed by atoms with Crippen LogP contribution in [0.15, 0.2) is 65.7 Å². The number of aromatic amines is 1. The molecule has 0 spiro atoms. The van der Waals surface area contributed by atoms with Crippen LogP contribution in [0.4, 0.5) is 0 Å². The highest BCUT2D eigenvalue weighted by Crippen LogP contribution is 2.35. The molecule has 1 aliphatic carbocycles. The Morgan fingerprint density at radius 2 is 1.86 bits per heavy atom. The molecule has 1 saturated carbocycles. The minimum atomic E-state index is -1.13. The summed E-state index contributed by atoms with van der Waals surface area (Å²) in [6.45, 7) is 0.792. The molecular weight excluding hydrogens is 390 g/mol. The Labute approximate surface area is 173 Å². The predicted molar refractivity (Wildman–Crippen MR) is 115 cm³/mol. The number of halogens is 1. The van der Waals surface area contributed by atoms with Crippen LogP contribution in [0.2, 0.25) is 5.02 Å². The lowest BCUT2D eigenvalue weighted by atomic mass is 9.82. The van der Waals surface area contributed by atoms with Crippen LogP contribution in [-0.2, 0) is 11.0 Å². The van der Waals surface area contributed by atoms with E-state index in [0.29, 0.717) is 11.8 Å². The van der Waals surface area contributed by atoms with Crippen LogP contribution in [0.1, 0.15) is 37.4 Å². The maximum Gasteiger partial charge on any atom is 0.124 e. The molecule has 1 aromatic heterocycles. The van der Waals surface area contributed by atoms with Crippen LogP contribution < -0.4 is 4.72 Å². The first-order valence-corrected chi connectivity index (χ1v) is 11.2. The van der Waals surface area contributed by atoms with E-state index < -0.39 is 11.0 Å². The predicted octanol–water partition coefficient (Wildman–Crippen LogP) is 5.32. The Balaban J connectivity index is 1.29. The normalized spacial score (nSPS) is 20.8. The van der Waals surface area contributed by atoms with Crippen molar-refractivity contribution in [3.8, 4) is 11.3 Å². The molecule has 1 unspecified atom stereocenters. The number of H-pyrrole nitrogens is 1. The van der Waals surface area contributed by atoms with Crippen molar-refractivity contribution in [2.75, 3.05) is 6.54 Å². The molecule has 0 bridgehead atoms. The van der Waals surface area contributed by atoms with Gasteiger partial charge in [-0.15, -0.1) is 0 Å². The van der Waals surface area contributed by atoms with Gasteiger partial charge >= 0.3 is 0 Å². The van der Waals surface area contributed by atoms with E-state index in [0.717, 1.165) is 59.2 Å². The molecule has 0 amide bonds. The summed E-state index contributed by atoms with van der Waals surface area (Å²) in [5, 5.41) is 0.731. The summed E-state index contributed by atoms with van der Waals surface area (Å²) >= 11 is 6.10. The first kappa shape index (κ1) is 19.4. The zero-order chi connectivity index (χ0) is 19.3. The van der Waals surface area contributed by atoms with E-state index in [1.807, 2.05) is 60.8 Å². The fourth-order valence-electron chi connectivity index (χ4n) is 3.81. The molecule has 3 aromatic rings. The van der Waals surface area contributed by atoms with Crippen LogP contribution in [0.5, 0.6) is 0 Å². The van der Waals surface area contributed by atoms with Crippen molar-refractivity contribution in [2.45, 2.75) is 36.5 Å². The van der Waals surface area contributed by atoms with E-state index in [1.54, 1.807) is 0 Å². The molecule has 0 saturated heterocycles. The second kappa shape index (κ2) is 9.03. The number of nitrogens with zero attached hydrogens (tertiary/aromatic N) is 1. The third-order valence-corrected chi connectivity index (χ3v) is 6.79. The molecule has 1 heterocycles. The SMILES string of the molecule is O=S(NCC1CCC(c2ncc(-c3cccc(Cl)c3)[nH]2)CC1)c1ccccc1. The van der Waals surface area contributed by atoms with Gasteiger partial charge in [-0.3, -0.25) is 0 Å². The van der Waals surface area contributed by atoms with Gasteiger partial charge in [-0.2, -0.15) is 0 Å². The van der Waals surface area contributed by atoms with Crippen LogP contribution >= 0.6 is 11.6 Å². The van der Waals surface area contributed by atoms with Gasteiger partial charge in [-0.05, 0) is 55.9 Å². The fraction of sp³-hybridized carbons (Fsp3) is 0.318. The summed E-state index contributed by atoms with van der Waals surface area (Å²) in [6.07, 6.45) is 6.35. The number of rotatable bonds is 6. The Kier molecular flexibility index (Phi) is 6.25. The number of nitrogens with one attached hydrogen (secondary N) is 2. The molecule has 28 heavy (non-hydrogen) atoms. The van der Waals surface area contributed by atoms with Gasteiger partial charge in [0.25, 0.3) is 0 Å². The van der Waals surface area contributed by atoms with Gasteiger partial charge in [-0.1, -0.05) is 41.9 Å². The van der Waals surface area contributed by atoms with Crippen molar-refractivity contribution in [1.82, 2.24) is 14.7 Å². The summed E-state index contributed by atoms with van der Waals surface area (Å²) in [5.74, 6) is 2.09. The first-order valence-electron chi connectivity index (χ1n) is 9.70. The molecular formula is C22H24ClN3OS.